The Balaban J connectivity index is 0.000000791. The predicted molar refractivity (Wildman–Crippen MR) is 110 cm³/mol. The van der Waals surface area contributed by atoms with Gasteiger partial charge in [-0.2, -0.15) is 0 Å². The second kappa shape index (κ2) is 10.9. The summed E-state index contributed by atoms with van der Waals surface area (Å²) in [6, 6.07) is 15.5. The lowest BCUT2D eigenvalue weighted by atomic mass is 10.1. The van der Waals surface area contributed by atoms with Crippen molar-refractivity contribution < 1.29 is 4.79 Å². The third-order valence-electron chi connectivity index (χ3n) is 3.33. The smallest absolute Gasteiger partial charge is 0.206 e. The maximum Gasteiger partial charge on any atom is 0.206 e. The fourth-order valence-electron chi connectivity index (χ4n) is 2.32. The number of pyridine rings is 1. The molecular weight excluding hydrogens is 322 g/mol. The SMILES string of the molecule is CC.CC.CN(C)/C=C/C(=O)c1c(-c2ccccc2)nc2ccccn12. The van der Waals surface area contributed by atoms with Crippen LogP contribution in [0.25, 0.3) is 16.9 Å². The zero-order valence-corrected chi connectivity index (χ0v) is 16.6. The van der Waals surface area contributed by atoms with Crippen molar-refractivity contribution in [3.63, 3.8) is 0 Å². The Morgan fingerprint density at radius 2 is 1.58 bits per heavy atom. The number of hydrogen-bond acceptors (Lipinski definition) is 3. The third kappa shape index (κ3) is 5.06. The fraction of sp³-hybridized carbons (Fsp3) is 0.273. The van der Waals surface area contributed by atoms with Crippen LogP contribution in [-0.4, -0.2) is 34.2 Å². The molecule has 0 saturated carbocycles. The molecule has 26 heavy (non-hydrogen) atoms. The Bertz CT molecular complexity index is 833. The van der Waals surface area contributed by atoms with Crippen molar-refractivity contribution in [3.8, 4) is 11.3 Å². The van der Waals surface area contributed by atoms with Crippen LogP contribution in [0.3, 0.4) is 0 Å². The van der Waals surface area contributed by atoms with E-state index >= 15 is 0 Å². The Labute approximate surface area is 156 Å². The molecule has 0 saturated heterocycles. The average molecular weight is 351 g/mol. The summed E-state index contributed by atoms with van der Waals surface area (Å²) in [7, 11) is 3.77. The number of carbonyl (C=O) groups is 1. The van der Waals surface area contributed by atoms with Crippen LogP contribution in [0.5, 0.6) is 0 Å². The summed E-state index contributed by atoms with van der Waals surface area (Å²) in [6.45, 7) is 8.00. The molecular formula is C22H29N3O. The van der Waals surface area contributed by atoms with Crippen LogP contribution in [-0.2, 0) is 0 Å². The highest BCUT2D eigenvalue weighted by molar-refractivity contribution is 6.08. The van der Waals surface area contributed by atoms with Crippen LogP contribution in [0.1, 0.15) is 38.2 Å². The van der Waals surface area contributed by atoms with E-state index in [4.69, 9.17) is 0 Å². The van der Waals surface area contributed by atoms with Crippen LogP contribution >= 0.6 is 0 Å². The van der Waals surface area contributed by atoms with Gasteiger partial charge in [-0.3, -0.25) is 9.20 Å². The molecule has 0 aliphatic carbocycles. The van der Waals surface area contributed by atoms with E-state index < -0.39 is 0 Å². The molecule has 138 valence electrons. The number of nitrogens with zero attached hydrogens (tertiary/aromatic N) is 3. The van der Waals surface area contributed by atoms with Crippen molar-refractivity contribution in [2.75, 3.05) is 14.1 Å². The Morgan fingerprint density at radius 3 is 2.19 bits per heavy atom. The number of rotatable bonds is 4. The number of imidazole rings is 1. The Hall–Kier alpha value is -2.88. The Kier molecular flexibility index (Phi) is 8.85. The van der Waals surface area contributed by atoms with Gasteiger partial charge in [0.1, 0.15) is 17.0 Å². The summed E-state index contributed by atoms with van der Waals surface area (Å²) < 4.78 is 1.84. The highest BCUT2D eigenvalue weighted by atomic mass is 16.1. The van der Waals surface area contributed by atoms with Gasteiger partial charge in [-0.15, -0.1) is 0 Å². The molecule has 3 rings (SSSR count). The highest BCUT2D eigenvalue weighted by Gasteiger charge is 2.18. The van der Waals surface area contributed by atoms with E-state index in [2.05, 4.69) is 4.98 Å². The lowest BCUT2D eigenvalue weighted by molar-refractivity contribution is 0.104. The van der Waals surface area contributed by atoms with Crippen LogP contribution in [0.2, 0.25) is 0 Å². The summed E-state index contributed by atoms with van der Waals surface area (Å²) in [6.07, 6.45) is 5.19. The van der Waals surface area contributed by atoms with Crippen molar-refractivity contribution in [1.29, 1.82) is 0 Å². The maximum atomic E-state index is 12.6. The zero-order valence-electron chi connectivity index (χ0n) is 16.6. The first-order chi connectivity index (χ1) is 12.7. The van der Waals surface area contributed by atoms with Crippen LogP contribution < -0.4 is 0 Å². The summed E-state index contributed by atoms with van der Waals surface area (Å²) in [4.78, 5) is 19.1. The molecule has 0 radical (unpaired) electrons. The van der Waals surface area contributed by atoms with Crippen LogP contribution in [0.15, 0.2) is 67.0 Å². The van der Waals surface area contributed by atoms with Gasteiger partial charge in [-0.25, -0.2) is 4.98 Å². The van der Waals surface area contributed by atoms with Crippen molar-refractivity contribution in [2.45, 2.75) is 27.7 Å². The lowest BCUT2D eigenvalue weighted by Gasteiger charge is -2.04. The molecule has 0 N–H and O–H groups in total. The molecule has 0 aliphatic heterocycles. The molecule has 2 heterocycles. The summed E-state index contributed by atoms with van der Waals surface area (Å²) in [5.74, 6) is -0.0637. The first-order valence-corrected chi connectivity index (χ1v) is 9.08. The minimum Gasteiger partial charge on any atom is -0.383 e. The molecule has 0 spiro atoms. The largest absolute Gasteiger partial charge is 0.383 e. The van der Waals surface area contributed by atoms with Crippen molar-refractivity contribution in [3.05, 3.63) is 72.7 Å². The van der Waals surface area contributed by atoms with Crippen molar-refractivity contribution in [1.82, 2.24) is 14.3 Å². The molecule has 1 aromatic carbocycles. The molecule has 0 amide bonds. The number of benzene rings is 1. The number of fused-ring (bicyclic) bond motifs is 1. The molecule has 2 aromatic heterocycles. The normalized spacial score (nSPS) is 9.92. The van der Waals surface area contributed by atoms with E-state index in [1.165, 1.54) is 0 Å². The summed E-state index contributed by atoms with van der Waals surface area (Å²) >= 11 is 0. The van der Waals surface area contributed by atoms with Gasteiger partial charge >= 0.3 is 0 Å². The van der Waals surface area contributed by atoms with E-state index in [-0.39, 0.29) is 5.78 Å². The molecule has 0 fully saturated rings. The maximum absolute atomic E-state index is 12.6. The van der Waals surface area contributed by atoms with E-state index in [1.54, 1.807) is 12.3 Å². The van der Waals surface area contributed by atoms with Gasteiger partial charge in [0.05, 0.1) is 0 Å². The van der Waals surface area contributed by atoms with E-state index in [9.17, 15) is 4.79 Å². The van der Waals surface area contributed by atoms with Crippen molar-refractivity contribution >= 4 is 11.4 Å². The fourth-order valence-corrected chi connectivity index (χ4v) is 2.32. The lowest BCUT2D eigenvalue weighted by Crippen LogP contribution is -2.06. The van der Waals surface area contributed by atoms with Gasteiger partial charge in [-0.1, -0.05) is 64.1 Å². The Morgan fingerprint density at radius 1 is 0.962 bits per heavy atom. The minimum absolute atomic E-state index is 0.0637. The molecule has 0 bridgehead atoms. The second-order valence-electron chi connectivity index (χ2n) is 5.25. The number of aromatic nitrogens is 2. The molecule has 4 heteroatoms. The molecule has 4 nitrogen and oxygen atoms in total. The first-order valence-electron chi connectivity index (χ1n) is 9.08. The molecule has 0 atom stereocenters. The molecule has 3 aromatic rings. The number of carbonyl (C=O) groups excluding carboxylic acids is 1. The van der Waals surface area contributed by atoms with Crippen LogP contribution in [0, 0.1) is 0 Å². The first kappa shape index (κ1) is 21.2. The average Bonchev–Trinajstić information content (AvgIpc) is 3.09. The standard InChI is InChI=1S/C18H17N3O.2C2H6/c1-20(2)13-11-15(22)18-17(14-8-4-3-5-9-14)19-16-10-6-7-12-21(16)18;2*1-2/h3-13H,1-2H3;2*1-2H3/b13-11+;;. The molecule has 0 unspecified atom stereocenters. The molecule has 0 aliphatic rings. The van der Waals surface area contributed by atoms with Gasteiger partial charge in [-0.05, 0) is 12.1 Å². The van der Waals surface area contributed by atoms with Gasteiger partial charge in [0, 0.05) is 38.1 Å². The zero-order chi connectivity index (χ0) is 19.5. The number of hydrogen-bond donors (Lipinski definition) is 0. The topological polar surface area (TPSA) is 37.6 Å². The third-order valence-corrected chi connectivity index (χ3v) is 3.33. The second-order valence-corrected chi connectivity index (χ2v) is 5.25. The summed E-state index contributed by atoms with van der Waals surface area (Å²) in [5, 5.41) is 0. The van der Waals surface area contributed by atoms with E-state index in [0.717, 1.165) is 11.2 Å². The van der Waals surface area contributed by atoms with Crippen LogP contribution in [0.4, 0.5) is 0 Å². The number of ketones is 1. The van der Waals surface area contributed by atoms with Gasteiger partial charge < -0.3 is 4.90 Å². The minimum atomic E-state index is -0.0637. The van der Waals surface area contributed by atoms with Gasteiger partial charge in [0.2, 0.25) is 5.78 Å². The van der Waals surface area contributed by atoms with Gasteiger partial charge in [0.25, 0.3) is 0 Å². The predicted octanol–water partition coefficient (Wildman–Crippen LogP) is 5.31. The van der Waals surface area contributed by atoms with E-state index in [0.29, 0.717) is 11.4 Å². The van der Waals surface area contributed by atoms with Crippen molar-refractivity contribution in [2.24, 2.45) is 0 Å². The monoisotopic (exact) mass is 351 g/mol. The van der Waals surface area contributed by atoms with Gasteiger partial charge in [0.15, 0.2) is 0 Å². The number of allylic oxidation sites excluding steroid dienone is 1. The summed E-state index contributed by atoms with van der Waals surface area (Å²) in [5.41, 5.74) is 3.00. The quantitative estimate of drug-likeness (QED) is 0.472. The van der Waals surface area contributed by atoms with E-state index in [1.807, 2.05) is 106 Å². The highest BCUT2D eigenvalue weighted by Crippen LogP contribution is 2.25.